The van der Waals surface area contributed by atoms with Crippen LogP contribution in [0.4, 0.5) is 0 Å². The quantitative estimate of drug-likeness (QED) is 0.227. The summed E-state index contributed by atoms with van der Waals surface area (Å²) in [5, 5.41) is 1.26. The predicted molar refractivity (Wildman–Crippen MR) is 144 cm³/mol. The molecule has 0 unspecified atom stereocenters. The minimum atomic E-state index is 1.20. The molecule has 0 atom stereocenters. The second kappa shape index (κ2) is 7.54. The van der Waals surface area contributed by atoms with Crippen LogP contribution in [0.2, 0.25) is 0 Å². The van der Waals surface area contributed by atoms with E-state index in [1.165, 1.54) is 66.9 Å². The summed E-state index contributed by atoms with van der Waals surface area (Å²) in [4.78, 5) is 0. The van der Waals surface area contributed by atoms with Crippen molar-refractivity contribution in [2.24, 2.45) is 7.05 Å². The molecular weight excluding hydrogens is 424 g/mol. The zero-order chi connectivity index (χ0) is 23.5. The van der Waals surface area contributed by atoms with Crippen LogP contribution in [0, 0.1) is 6.92 Å². The van der Waals surface area contributed by atoms with Crippen LogP contribution in [-0.4, -0.2) is 4.57 Å². The Morgan fingerprint density at radius 2 is 1.06 bits per heavy atom. The average Bonchev–Trinajstić information content (AvgIpc) is 3.24. The molecule has 2 heteroatoms. The van der Waals surface area contributed by atoms with E-state index in [1.807, 2.05) is 0 Å². The molecule has 0 bridgehead atoms. The third-order valence-electron chi connectivity index (χ3n) is 7.33. The summed E-state index contributed by atoms with van der Waals surface area (Å²) in [6.45, 7) is 2.20. The maximum atomic E-state index is 2.48. The van der Waals surface area contributed by atoms with Gasteiger partial charge < -0.3 is 0 Å². The van der Waals surface area contributed by atoms with Gasteiger partial charge in [-0.05, 0) is 58.5 Å². The SMILES string of the molecule is Cc1ccccc1-n1c2c(c3ccc[n+](C)c31)-c1ccccc1-c1ccccc1-c1ccccc1-2. The first-order valence-electron chi connectivity index (χ1n) is 12.1. The molecule has 166 valence electrons. The molecular formula is C33H25N2+. The molecule has 2 heterocycles. The number of rotatable bonds is 1. The largest absolute Gasteiger partial charge is 0.294 e. The van der Waals surface area contributed by atoms with E-state index in [2.05, 4.69) is 138 Å². The van der Waals surface area contributed by atoms with Gasteiger partial charge in [0, 0.05) is 11.1 Å². The summed E-state index contributed by atoms with van der Waals surface area (Å²) in [5.41, 5.74) is 13.8. The summed E-state index contributed by atoms with van der Waals surface area (Å²) in [5.74, 6) is 0. The summed E-state index contributed by atoms with van der Waals surface area (Å²) in [6.07, 6.45) is 2.15. The lowest BCUT2D eigenvalue weighted by Crippen LogP contribution is -2.30. The van der Waals surface area contributed by atoms with Gasteiger partial charge in [0.15, 0.2) is 0 Å². The molecule has 1 aliphatic rings. The van der Waals surface area contributed by atoms with Gasteiger partial charge in [0.1, 0.15) is 11.4 Å². The molecule has 35 heavy (non-hydrogen) atoms. The van der Waals surface area contributed by atoms with Crippen molar-refractivity contribution in [2.45, 2.75) is 6.92 Å². The molecule has 0 amide bonds. The van der Waals surface area contributed by atoms with Crippen LogP contribution in [0.5, 0.6) is 0 Å². The molecule has 0 aliphatic heterocycles. The second-order valence-electron chi connectivity index (χ2n) is 9.34. The van der Waals surface area contributed by atoms with Crippen LogP contribution in [0.1, 0.15) is 5.56 Å². The molecule has 0 saturated carbocycles. The molecule has 0 saturated heterocycles. The maximum absolute atomic E-state index is 2.48. The van der Waals surface area contributed by atoms with Crippen molar-refractivity contribution in [1.82, 2.24) is 4.57 Å². The number of fused-ring (bicyclic) bond motifs is 10. The highest BCUT2D eigenvalue weighted by molar-refractivity contribution is 6.11. The van der Waals surface area contributed by atoms with E-state index in [1.54, 1.807) is 0 Å². The van der Waals surface area contributed by atoms with Crippen LogP contribution >= 0.6 is 0 Å². The van der Waals surface area contributed by atoms with Gasteiger partial charge in [-0.2, -0.15) is 4.57 Å². The number of pyridine rings is 1. The van der Waals surface area contributed by atoms with E-state index in [0.29, 0.717) is 0 Å². The first-order chi connectivity index (χ1) is 17.2. The van der Waals surface area contributed by atoms with E-state index < -0.39 is 0 Å². The fourth-order valence-electron chi connectivity index (χ4n) is 5.81. The molecule has 0 fully saturated rings. The van der Waals surface area contributed by atoms with Crippen molar-refractivity contribution < 1.29 is 4.57 Å². The third-order valence-corrected chi connectivity index (χ3v) is 7.33. The van der Waals surface area contributed by atoms with Crippen LogP contribution in [0.25, 0.3) is 61.4 Å². The highest BCUT2D eigenvalue weighted by Crippen LogP contribution is 2.51. The number of nitrogens with zero attached hydrogens (tertiary/aromatic N) is 2. The Bertz CT molecular complexity index is 1770. The molecule has 2 aromatic heterocycles. The molecule has 7 rings (SSSR count). The van der Waals surface area contributed by atoms with Gasteiger partial charge in [-0.15, -0.1) is 0 Å². The van der Waals surface area contributed by atoms with E-state index >= 15 is 0 Å². The Morgan fingerprint density at radius 3 is 1.71 bits per heavy atom. The number of aryl methyl sites for hydroxylation is 2. The Hall–Kier alpha value is -4.43. The fourth-order valence-corrected chi connectivity index (χ4v) is 5.81. The number of aromatic nitrogens is 2. The lowest BCUT2D eigenvalue weighted by molar-refractivity contribution is -0.647. The minimum absolute atomic E-state index is 1.20. The lowest BCUT2D eigenvalue weighted by atomic mass is 9.83. The lowest BCUT2D eigenvalue weighted by Gasteiger charge is -2.21. The van der Waals surface area contributed by atoms with Crippen molar-refractivity contribution in [3.05, 3.63) is 121 Å². The van der Waals surface area contributed by atoms with Crippen LogP contribution in [0.15, 0.2) is 115 Å². The highest BCUT2D eigenvalue weighted by Gasteiger charge is 2.33. The first-order valence-corrected chi connectivity index (χ1v) is 12.1. The second-order valence-corrected chi connectivity index (χ2v) is 9.34. The topological polar surface area (TPSA) is 8.81 Å². The zero-order valence-corrected chi connectivity index (χ0v) is 19.9. The molecule has 4 aromatic carbocycles. The minimum Gasteiger partial charge on any atom is -0.236 e. The van der Waals surface area contributed by atoms with Gasteiger partial charge in [0.2, 0.25) is 0 Å². The van der Waals surface area contributed by atoms with Crippen molar-refractivity contribution in [2.75, 3.05) is 0 Å². The molecule has 0 radical (unpaired) electrons. The van der Waals surface area contributed by atoms with Crippen LogP contribution in [0.3, 0.4) is 0 Å². The smallest absolute Gasteiger partial charge is 0.236 e. The van der Waals surface area contributed by atoms with Crippen molar-refractivity contribution in [3.8, 4) is 50.3 Å². The summed E-state index contributed by atoms with van der Waals surface area (Å²) in [7, 11) is 2.15. The first kappa shape index (κ1) is 20.0. The molecule has 1 aliphatic carbocycles. The Balaban J connectivity index is 1.79. The van der Waals surface area contributed by atoms with E-state index in [0.717, 1.165) is 0 Å². The summed E-state index contributed by atoms with van der Waals surface area (Å²) < 4.78 is 4.73. The summed E-state index contributed by atoms with van der Waals surface area (Å²) >= 11 is 0. The van der Waals surface area contributed by atoms with Crippen LogP contribution in [-0.2, 0) is 7.05 Å². The molecule has 6 aromatic rings. The van der Waals surface area contributed by atoms with Gasteiger partial charge in [0.05, 0.1) is 18.6 Å². The van der Waals surface area contributed by atoms with Crippen molar-refractivity contribution >= 4 is 11.0 Å². The fraction of sp³-hybridized carbons (Fsp3) is 0.0606. The van der Waals surface area contributed by atoms with Crippen molar-refractivity contribution in [1.29, 1.82) is 0 Å². The van der Waals surface area contributed by atoms with Gasteiger partial charge in [-0.1, -0.05) is 91.0 Å². The van der Waals surface area contributed by atoms with Gasteiger partial charge in [-0.3, -0.25) is 0 Å². The zero-order valence-electron chi connectivity index (χ0n) is 19.9. The molecule has 0 spiro atoms. The Kier molecular flexibility index (Phi) is 4.31. The number of hydrogen-bond donors (Lipinski definition) is 0. The van der Waals surface area contributed by atoms with Crippen molar-refractivity contribution in [3.63, 3.8) is 0 Å². The van der Waals surface area contributed by atoms with E-state index in [-0.39, 0.29) is 0 Å². The highest BCUT2D eigenvalue weighted by atomic mass is 15.1. The molecule has 2 nitrogen and oxygen atoms in total. The number of para-hydroxylation sites is 1. The van der Waals surface area contributed by atoms with E-state index in [4.69, 9.17) is 0 Å². The summed E-state index contributed by atoms with van der Waals surface area (Å²) in [6, 6.07) is 39.7. The molecule has 0 N–H and O–H groups in total. The monoisotopic (exact) mass is 449 g/mol. The average molecular weight is 450 g/mol. The standard InChI is InChI=1S/C33H25N2/c1-22-12-3-10-20-30(22)35-32-28-18-9-7-16-26(28)24-14-5-4-13-23(24)25-15-6-8-17-27(25)31(32)29-19-11-21-34(2)33(29)35/h3-21H,1-2H3/q+1. The van der Waals surface area contributed by atoms with E-state index in [9.17, 15) is 0 Å². The predicted octanol–water partition coefficient (Wildman–Crippen LogP) is 7.74. The Morgan fingerprint density at radius 1 is 0.543 bits per heavy atom. The number of hydrogen-bond acceptors (Lipinski definition) is 0. The number of benzene rings is 4. The van der Waals surface area contributed by atoms with Gasteiger partial charge in [0.25, 0.3) is 5.65 Å². The van der Waals surface area contributed by atoms with Crippen LogP contribution < -0.4 is 4.57 Å². The maximum Gasteiger partial charge on any atom is 0.294 e. The van der Waals surface area contributed by atoms with Gasteiger partial charge in [-0.25, -0.2) is 4.57 Å². The Labute approximate surface area is 205 Å². The van der Waals surface area contributed by atoms with Gasteiger partial charge >= 0.3 is 0 Å². The third kappa shape index (κ3) is 2.80. The normalized spacial score (nSPS) is 11.7.